The summed E-state index contributed by atoms with van der Waals surface area (Å²) in [6.45, 7) is 5.67. The van der Waals surface area contributed by atoms with Gasteiger partial charge in [-0.2, -0.15) is 0 Å². The van der Waals surface area contributed by atoms with E-state index in [1.54, 1.807) is 0 Å². The van der Waals surface area contributed by atoms with Gasteiger partial charge in [0.25, 0.3) is 0 Å². The van der Waals surface area contributed by atoms with Crippen LogP contribution in [0, 0.1) is 0 Å². The topological polar surface area (TPSA) is 0 Å². The van der Waals surface area contributed by atoms with Gasteiger partial charge in [-0.1, -0.05) is 20.8 Å². The molecule has 63 valence electrons. The predicted molar refractivity (Wildman–Crippen MR) is 54.9 cm³/mol. The van der Waals surface area contributed by atoms with Crippen LogP contribution in [0.5, 0.6) is 0 Å². The van der Waals surface area contributed by atoms with Crippen molar-refractivity contribution in [3.05, 3.63) is 0 Å². The number of halogens is 3. The van der Waals surface area contributed by atoms with Crippen LogP contribution in [-0.4, -0.2) is 35.0 Å². The van der Waals surface area contributed by atoms with Crippen LogP contribution in [0.1, 0.15) is 20.8 Å². The lowest BCUT2D eigenvalue weighted by Crippen LogP contribution is -1.36. The standard InChI is InChI=1S/3C2H5Cl.Al/c3*1-2-3;/h3*2H2,1H3;. The lowest BCUT2D eigenvalue weighted by atomic mass is 11.0. The Morgan fingerprint density at radius 2 is 0.700 bits per heavy atom. The molecule has 0 aliphatic heterocycles. The Labute approximate surface area is 90.4 Å². The van der Waals surface area contributed by atoms with Crippen molar-refractivity contribution in [2.75, 3.05) is 17.6 Å². The Morgan fingerprint density at radius 1 is 0.700 bits per heavy atom. The number of rotatable bonds is 0. The molecule has 0 spiro atoms. The fourth-order valence-corrected chi connectivity index (χ4v) is 0. The second kappa shape index (κ2) is 47.4. The second-order valence-corrected chi connectivity index (χ2v) is 2.41. The molecule has 0 saturated carbocycles. The minimum absolute atomic E-state index is 0. The molecule has 0 aliphatic carbocycles. The molecule has 4 heteroatoms. The van der Waals surface area contributed by atoms with Crippen molar-refractivity contribution in [2.45, 2.75) is 20.8 Å². The minimum Gasteiger partial charge on any atom is -0.127 e. The predicted octanol–water partition coefficient (Wildman–Crippen LogP) is 3.35. The van der Waals surface area contributed by atoms with Crippen molar-refractivity contribution in [1.82, 2.24) is 0 Å². The summed E-state index contributed by atoms with van der Waals surface area (Å²) in [7, 11) is 0. The zero-order valence-corrected chi connectivity index (χ0v) is 10.3. The van der Waals surface area contributed by atoms with Gasteiger partial charge in [0.1, 0.15) is 0 Å². The fraction of sp³-hybridized carbons (Fsp3) is 1.00. The molecule has 0 amide bonds. The Morgan fingerprint density at radius 3 is 0.700 bits per heavy atom. The first-order valence-corrected chi connectivity index (χ1v) is 4.53. The van der Waals surface area contributed by atoms with Crippen molar-refractivity contribution in [3.8, 4) is 0 Å². The summed E-state index contributed by atoms with van der Waals surface area (Å²) < 4.78 is 0. The van der Waals surface area contributed by atoms with E-state index in [2.05, 4.69) is 0 Å². The van der Waals surface area contributed by atoms with Crippen LogP contribution in [0.25, 0.3) is 0 Å². The third-order valence-electron chi connectivity index (χ3n) is 0. The molecule has 0 N–H and O–H groups in total. The van der Waals surface area contributed by atoms with Crippen LogP contribution < -0.4 is 0 Å². The summed E-state index contributed by atoms with van der Waals surface area (Å²) in [5.41, 5.74) is 0. The number of alkyl halides is 3. The van der Waals surface area contributed by atoms with Crippen molar-refractivity contribution in [3.63, 3.8) is 0 Å². The van der Waals surface area contributed by atoms with Gasteiger partial charge in [0, 0.05) is 35.0 Å². The zero-order chi connectivity index (χ0) is 8.12. The maximum Gasteiger partial charge on any atom is 0.0195 e. The van der Waals surface area contributed by atoms with Gasteiger partial charge in [0.15, 0.2) is 0 Å². The van der Waals surface area contributed by atoms with Crippen molar-refractivity contribution in [2.24, 2.45) is 0 Å². The van der Waals surface area contributed by atoms with Gasteiger partial charge < -0.3 is 0 Å². The van der Waals surface area contributed by atoms with Gasteiger partial charge in [-0.15, -0.1) is 34.8 Å². The van der Waals surface area contributed by atoms with E-state index in [1.807, 2.05) is 20.8 Å². The van der Waals surface area contributed by atoms with Crippen molar-refractivity contribution >= 4 is 52.2 Å². The van der Waals surface area contributed by atoms with E-state index < -0.39 is 0 Å². The maximum absolute atomic E-state index is 5.00. The minimum atomic E-state index is 0. The molecule has 0 aliphatic rings. The van der Waals surface area contributed by atoms with Gasteiger partial charge in [-0.25, -0.2) is 0 Å². The van der Waals surface area contributed by atoms with E-state index in [1.165, 1.54) is 0 Å². The lowest BCUT2D eigenvalue weighted by Gasteiger charge is -1.45. The van der Waals surface area contributed by atoms with Crippen LogP contribution in [0.4, 0.5) is 0 Å². The Bertz CT molecular complexity index is 17.7. The molecule has 3 radical (unpaired) electrons. The molecule has 0 heterocycles. The van der Waals surface area contributed by atoms with Gasteiger partial charge in [0.2, 0.25) is 0 Å². The van der Waals surface area contributed by atoms with Crippen LogP contribution in [0.3, 0.4) is 0 Å². The first-order valence-electron chi connectivity index (χ1n) is 2.92. The van der Waals surface area contributed by atoms with E-state index >= 15 is 0 Å². The van der Waals surface area contributed by atoms with Crippen LogP contribution in [0.2, 0.25) is 0 Å². The molecule has 0 fully saturated rings. The Kier molecular flexibility index (Phi) is 107. The summed E-state index contributed by atoms with van der Waals surface area (Å²) >= 11 is 15.0. The number of hydrogen-bond acceptors (Lipinski definition) is 0. The average Bonchev–Trinajstić information content (AvgIpc) is 1.70. The third-order valence-corrected chi connectivity index (χ3v) is 0. The average molecular weight is 221 g/mol. The molecular formula is C6H15AlCl3. The van der Waals surface area contributed by atoms with Gasteiger partial charge >= 0.3 is 0 Å². The highest BCUT2D eigenvalue weighted by Crippen LogP contribution is 1.60. The third kappa shape index (κ3) is 337. The lowest BCUT2D eigenvalue weighted by molar-refractivity contribution is 1.51. The summed E-state index contributed by atoms with van der Waals surface area (Å²) in [5, 5.41) is 0. The highest BCUT2D eigenvalue weighted by Gasteiger charge is 1.39. The number of hydrogen-bond donors (Lipinski definition) is 0. The highest BCUT2D eigenvalue weighted by atomic mass is 35.5. The van der Waals surface area contributed by atoms with E-state index in [4.69, 9.17) is 34.8 Å². The Hall–Kier alpha value is 1.40. The SMILES string of the molecule is CCCl.CCCl.CCCl.[Al]. The van der Waals surface area contributed by atoms with E-state index in [-0.39, 0.29) is 17.4 Å². The second-order valence-electron chi connectivity index (χ2n) is 0.802. The summed E-state index contributed by atoms with van der Waals surface area (Å²) in [6, 6.07) is 0. The molecule has 0 aromatic heterocycles. The maximum atomic E-state index is 5.00. The first kappa shape index (κ1) is 22.5. The summed E-state index contributed by atoms with van der Waals surface area (Å²) in [6.07, 6.45) is 0. The largest absolute Gasteiger partial charge is 0.127 e. The molecule has 0 rings (SSSR count). The van der Waals surface area contributed by atoms with Crippen LogP contribution >= 0.6 is 34.8 Å². The van der Waals surface area contributed by atoms with Gasteiger partial charge in [-0.05, 0) is 0 Å². The molecule has 0 nitrogen and oxygen atoms in total. The van der Waals surface area contributed by atoms with E-state index in [0.717, 1.165) is 17.6 Å². The van der Waals surface area contributed by atoms with Gasteiger partial charge in [0.05, 0.1) is 0 Å². The molecular weight excluding hydrogens is 205 g/mol. The Balaban J connectivity index is -0.0000000257. The van der Waals surface area contributed by atoms with Crippen LogP contribution in [-0.2, 0) is 0 Å². The summed E-state index contributed by atoms with van der Waals surface area (Å²) in [4.78, 5) is 0. The normalized spacial score (nSPS) is 5.40. The monoisotopic (exact) mass is 219 g/mol. The van der Waals surface area contributed by atoms with Crippen molar-refractivity contribution in [1.29, 1.82) is 0 Å². The molecule has 0 aromatic rings. The highest BCUT2D eigenvalue weighted by molar-refractivity contribution is 6.17. The zero-order valence-electron chi connectivity index (χ0n) is 6.83. The quantitative estimate of drug-likeness (QED) is 0.434. The molecule has 0 bridgehead atoms. The van der Waals surface area contributed by atoms with Gasteiger partial charge in [-0.3, -0.25) is 0 Å². The fourth-order valence-electron chi connectivity index (χ4n) is 0. The molecule has 0 unspecified atom stereocenters. The van der Waals surface area contributed by atoms with E-state index in [0.29, 0.717) is 0 Å². The molecule has 10 heavy (non-hydrogen) atoms. The van der Waals surface area contributed by atoms with Crippen LogP contribution in [0.15, 0.2) is 0 Å². The molecule has 0 aromatic carbocycles. The molecule has 0 atom stereocenters. The summed E-state index contributed by atoms with van der Waals surface area (Å²) in [5.74, 6) is 2.17. The molecule has 0 saturated heterocycles. The smallest absolute Gasteiger partial charge is 0.0195 e. The van der Waals surface area contributed by atoms with E-state index in [9.17, 15) is 0 Å². The van der Waals surface area contributed by atoms with Crippen molar-refractivity contribution < 1.29 is 0 Å². The first-order chi connectivity index (χ1) is 4.24.